The van der Waals surface area contributed by atoms with Crippen LogP contribution in [0.4, 0.5) is 5.82 Å². The third kappa shape index (κ3) is 5.05. The number of para-hydroxylation sites is 2. The van der Waals surface area contributed by atoms with Gasteiger partial charge in [-0.25, -0.2) is 4.79 Å². The van der Waals surface area contributed by atoms with Gasteiger partial charge in [0.25, 0.3) is 5.91 Å². The highest BCUT2D eigenvalue weighted by Crippen LogP contribution is 2.29. The minimum absolute atomic E-state index is 0.331. The van der Waals surface area contributed by atoms with Crippen molar-refractivity contribution in [1.82, 2.24) is 4.57 Å². The summed E-state index contributed by atoms with van der Waals surface area (Å²) >= 11 is 5.96. The van der Waals surface area contributed by atoms with Gasteiger partial charge >= 0.3 is 5.97 Å². The van der Waals surface area contributed by atoms with E-state index < -0.39 is 18.5 Å². The van der Waals surface area contributed by atoms with Gasteiger partial charge < -0.3 is 14.8 Å². The van der Waals surface area contributed by atoms with Crippen molar-refractivity contribution in [2.45, 2.75) is 13.8 Å². The number of nitriles is 1. The van der Waals surface area contributed by atoms with Crippen LogP contribution in [-0.2, 0) is 14.3 Å². The Bertz CT molecular complexity index is 1150. The lowest BCUT2D eigenvalue weighted by atomic mass is 10.2. The van der Waals surface area contributed by atoms with Gasteiger partial charge in [0.15, 0.2) is 13.2 Å². The second kappa shape index (κ2) is 9.83. The number of rotatable bonds is 7. The minimum Gasteiger partial charge on any atom is -0.480 e. The Morgan fingerprint density at radius 3 is 2.42 bits per heavy atom. The number of hydrogen-bond acceptors (Lipinski definition) is 5. The van der Waals surface area contributed by atoms with Crippen LogP contribution < -0.4 is 10.1 Å². The van der Waals surface area contributed by atoms with Crippen LogP contribution in [0, 0.1) is 25.2 Å². The van der Waals surface area contributed by atoms with Crippen molar-refractivity contribution in [3.63, 3.8) is 0 Å². The summed E-state index contributed by atoms with van der Waals surface area (Å²) in [6.07, 6.45) is 0. The number of benzene rings is 2. The molecule has 2 aromatic carbocycles. The molecule has 0 unspecified atom stereocenters. The quantitative estimate of drug-likeness (QED) is 0.559. The number of nitrogens with one attached hydrogen (secondary N) is 1. The number of anilines is 1. The van der Waals surface area contributed by atoms with E-state index in [9.17, 15) is 14.9 Å². The molecule has 0 aliphatic rings. The SMILES string of the molecule is Cc1c(C#N)c(NC(=O)COC(=O)COc2ccccc2Cl)n(-c2ccccc2)c1C. The van der Waals surface area contributed by atoms with E-state index in [4.69, 9.17) is 21.1 Å². The molecule has 3 rings (SSSR count). The monoisotopic (exact) mass is 437 g/mol. The predicted molar refractivity (Wildman–Crippen MR) is 116 cm³/mol. The van der Waals surface area contributed by atoms with E-state index in [-0.39, 0.29) is 6.61 Å². The standard InChI is InChI=1S/C23H20ClN3O4/c1-15-16(2)27(17-8-4-3-5-9-17)23(18(15)12-25)26-21(28)13-31-22(29)14-30-20-11-7-6-10-19(20)24/h3-11H,13-14H2,1-2H3,(H,26,28). The number of aromatic nitrogens is 1. The molecular weight excluding hydrogens is 418 g/mol. The Kier molecular flexibility index (Phi) is 6.96. The second-order valence-corrected chi connectivity index (χ2v) is 7.05. The van der Waals surface area contributed by atoms with Gasteiger partial charge in [-0.3, -0.25) is 9.36 Å². The molecule has 31 heavy (non-hydrogen) atoms. The van der Waals surface area contributed by atoms with Gasteiger partial charge in [0, 0.05) is 11.4 Å². The van der Waals surface area contributed by atoms with Gasteiger partial charge in [0.1, 0.15) is 17.6 Å². The van der Waals surface area contributed by atoms with Crippen LogP contribution in [0.15, 0.2) is 54.6 Å². The lowest BCUT2D eigenvalue weighted by molar-refractivity contribution is -0.149. The molecule has 0 radical (unpaired) electrons. The second-order valence-electron chi connectivity index (χ2n) is 6.64. The molecule has 0 aliphatic heterocycles. The third-order valence-corrected chi connectivity index (χ3v) is 4.96. The number of ether oxygens (including phenoxy) is 2. The summed E-state index contributed by atoms with van der Waals surface area (Å²) in [5, 5.41) is 12.6. The van der Waals surface area contributed by atoms with Crippen molar-refractivity contribution in [3.8, 4) is 17.5 Å². The molecule has 8 heteroatoms. The zero-order valence-electron chi connectivity index (χ0n) is 17.0. The smallest absolute Gasteiger partial charge is 0.344 e. The molecule has 1 heterocycles. The third-order valence-electron chi connectivity index (χ3n) is 4.64. The maximum Gasteiger partial charge on any atom is 0.344 e. The number of hydrogen-bond donors (Lipinski definition) is 1. The largest absolute Gasteiger partial charge is 0.480 e. The highest BCUT2D eigenvalue weighted by Gasteiger charge is 2.21. The van der Waals surface area contributed by atoms with Crippen LogP contribution in [0.5, 0.6) is 5.75 Å². The molecule has 0 spiro atoms. The van der Waals surface area contributed by atoms with Crippen LogP contribution in [0.2, 0.25) is 5.02 Å². The van der Waals surface area contributed by atoms with E-state index in [2.05, 4.69) is 11.4 Å². The van der Waals surface area contributed by atoms with Crippen LogP contribution in [0.3, 0.4) is 0 Å². The molecule has 1 aromatic heterocycles. The van der Waals surface area contributed by atoms with E-state index in [0.717, 1.165) is 16.9 Å². The highest BCUT2D eigenvalue weighted by atomic mass is 35.5. The first kappa shape index (κ1) is 21.9. The van der Waals surface area contributed by atoms with E-state index in [1.165, 1.54) is 0 Å². The number of halogens is 1. The van der Waals surface area contributed by atoms with Gasteiger partial charge in [-0.05, 0) is 43.7 Å². The first-order valence-corrected chi connectivity index (χ1v) is 9.80. The summed E-state index contributed by atoms with van der Waals surface area (Å²) in [5.41, 5.74) is 2.73. The van der Waals surface area contributed by atoms with E-state index >= 15 is 0 Å². The van der Waals surface area contributed by atoms with Gasteiger partial charge in [-0.15, -0.1) is 0 Å². The summed E-state index contributed by atoms with van der Waals surface area (Å²) in [6.45, 7) is 2.77. The summed E-state index contributed by atoms with van der Waals surface area (Å²) in [7, 11) is 0. The Balaban J connectivity index is 1.67. The molecule has 7 nitrogen and oxygen atoms in total. The minimum atomic E-state index is -0.721. The van der Waals surface area contributed by atoms with Crippen LogP contribution in [0.1, 0.15) is 16.8 Å². The molecule has 0 atom stereocenters. The fraction of sp³-hybridized carbons (Fsp3) is 0.174. The predicted octanol–water partition coefficient (Wildman–Crippen LogP) is 4.18. The van der Waals surface area contributed by atoms with Crippen molar-refractivity contribution in [2.75, 3.05) is 18.5 Å². The lowest BCUT2D eigenvalue weighted by Gasteiger charge is -2.13. The Hall–Kier alpha value is -3.76. The zero-order chi connectivity index (χ0) is 22.4. The van der Waals surface area contributed by atoms with E-state index in [1.807, 2.05) is 44.2 Å². The van der Waals surface area contributed by atoms with Crippen molar-refractivity contribution in [2.24, 2.45) is 0 Å². The van der Waals surface area contributed by atoms with Crippen LogP contribution >= 0.6 is 11.6 Å². The normalized spacial score (nSPS) is 10.3. The van der Waals surface area contributed by atoms with E-state index in [0.29, 0.717) is 22.2 Å². The van der Waals surface area contributed by atoms with Gasteiger partial charge in [-0.2, -0.15) is 5.26 Å². The molecule has 0 aliphatic carbocycles. The molecule has 1 amide bonds. The molecule has 158 valence electrons. The van der Waals surface area contributed by atoms with E-state index in [1.54, 1.807) is 28.8 Å². The number of esters is 1. The average molecular weight is 438 g/mol. The van der Waals surface area contributed by atoms with Gasteiger partial charge in [0.05, 0.1) is 10.6 Å². The van der Waals surface area contributed by atoms with Crippen molar-refractivity contribution in [1.29, 1.82) is 5.26 Å². The van der Waals surface area contributed by atoms with Crippen molar-refractivity contribution in [3.05, 3.63) is 76.4 Å². The fourth-order valence-corrected chi connectivity index (χ4v) is 3.21. The molecule has 0 saturated carbocycles. The van der Waals surface area contributed by atoms with Gasteiger partial charge in [-0.1, -0.05) is 41.9 Å². The summed E-state index contributed by atoms with van der Waals surface area (Å²) < 4.78 is 12.1. The maximum atomic E-state index is 12.4. The first-order valence-electron chi connectivity index (χ1n) is 9.42. The van der Waals surface area contributed by atoms with Crippen molar-refractivity contribution < 1.29 is 19.1 Å². The molecule has 0 bridgehead atoms. The Labute approximate surface area is 184 Å². The first-order chi connectivity index (χ1) is 14.9. The number of nitrogens with zero attached hydrogens (tertiary/aromatic N) is 2. The van der Waals surface area contributed by atoms with Gasteiger partial charge in [0.2, 0.25) is 0 Å². The summed E-state index contributed by atoms with van der Waals surface area (Å²) in [4.78, 5) is 24.4. The molecular formula is C23H20ClN3O4. The Morgan fingerprint density at radius 1 is 1.06 bits per heavy atom. The van der Waals surface area contributed by atoms with Crippen LogP contribution in [0.25, 0.3) is 5.69 Å². The molecule has 1 N–H and O–H groups in total. The molecule has 3 aromatic rings. The molecule has 0 fully saturated rings. The Morgan fingerprint density at radius 2 is 1.74 bits per heavy atom. The summed E-state index contributed by atoms with van der Waals surface area (Å²) in [6, 6.07) is 18.2. The zero-order valence-corrected chi connectivity index (χ0v) is 17.8. The lowest BCUT2D eigenvalue weighted by Crippen LogP contribution is -2.25. The fourth-order valence-electron chi connectivity index (χ4n) is 3.02. The highest BCUT2D eigenvalue weighted by molar-refractivity contribution is 6.32. The number of carbonyl (C=O) groups excluding carboxylic acids is 2. The number of amides is 1. The summed E-state index contributed by atoms with van der Waals surface area (Å²) in [5.74, 6) is -0.619. The average Bonchev–Trinajstić information content (AvgIpc) is 3.01. The maximum absolute atomic E-state index is 12.4. The molecule has 0 saturated heterocycles. The van der Waals surface area contributed by atoms with Crippen molar-refractivity contribution >= 4 is 29.3 Å². The van der Waals surface area contributed by atoms with Crippen LogP contribution in [-0.4, -0.2) is 29.7 Å². The number of carbonyl (C=O) groups is 2. The topological polar surface area (TPSA) is 93.3 Å².